The monoisotopic (exact) mass is 567 g/mol. The molecule has 0 saturated carbocycles. The van der Waals surface area contributed by atoms with Crippen LogP contribution in [0.5, 0.6) is 11.5 Å². The van der Waals surface area contributed by atoms with Crippen LogP contribution in [0.4, 0.5) is 5.69 Å². The summed E-state index contributed by atoms with van der Waals surface area (Å²) in [4.78, 5) is 28.4. The number of anilines is 1. The van der Waals surface area contributed by atoms with Crippen LogP contribution in [0.3, 0.4) is 0 Å². The number of sulfonamides is 1. The van der Waals surface area contributed by atoms with Gasteiger partial charge in [0.05, 0.1) is 24.3 Å². The molecule has 0 radical (unpaired) electrons. The maximum Gasteiger partial charge on any atom is 0.264 e. The van der Waals surface area contributed by atoms with Gasteiger partial charge in [0.15, 0.2) is 0 Å². The zero-order valence-corrected chi connectivity index (χ0v) is 24.2. The van der Waals surface area contributed by atoms with Gasteiger partial charge in [-0.15, -0.1) is 0 Å². The first kappa shape index (κ1) is 30.5. The third-order valence-corrected chi connectivity index (χ3v) is 8.02. The van der Waals surface area contributed by atoms with Crippen molar-refractivity contribution in [2.75, 3.05) is 31.1 Å². The molecule has 0 aromatic heterocycles. The Morgan fingerprint density at radius 3 is 2.33 bits per heavy atom. The summed E-state index contributed by atoms with van der Waals surface area (Å²) >= 11 is 0. The molecule has 0 unspecified atom stereocenters. The van der Waals surface area contributed by atoms with Gasteiger partial charge in [-0.25, -0.2) is 8.42 Å². The van der Waals surface area contributed by atoms with Gasteiger partial charge in [-0.3, -0.25) is 13.9 Å². The summed E-state index contributed by atoms with van der Waals surface area (Å²) in [7, 11) is -2.64. The molecular weight excluding hydrogens is 530 g/mol. The first-order valence-electron chi connectivity index (χ1n) is 13.2. The molecule has 1 atom stereocenters. The Kier molecular flexibility index (Phi) is 11.0. The quantitative estimate of drug-likeness (QED) is 0.313. The summed E-state index contributed by atoms with van der Waals surface area (Å²) < 4.78 is 40.0. The van der Waals surface area contributed by atoms with Crippen molar-refractivity contribution in [1.82, 2.24) is 10.2 Å². The molecule has 40 heavy (non-hydrogen) atoms. The summed E-state index contributed by atoms with van der Waals surface area (Å²) in [6.07, 6.45) is 0.736. The number of hydrogen-bond donors (Lipinski definition) is 1. The van der Waals surface area contributed by atoms with Crippen LogP contribution in [0.25, 0.3) is 0 Å². The molecule has 0 spiro atoms. The van der Waals surface area contributed by atoms with E-state index in [9.17, 15) is 18.0 Å². The van der Waals surface area contributed by atoms with Crippen LogP contribution in [0.1, 0.15) is 32.8 Å². The van der Waals surface area contributed by atoms with Crippen molar-refractivity contribution in [3.63, 3.8) is 0 Å². The Morgan fingerprint density at radius 2 is 1.65 bits per heavy atom. The maximum absolute atomic E-state index is 14.0. The number of para-hydroxylation sites is 2. The van der Waals surface area contributed by atoms with Crippen LogP contribution in [0.2, 0.25) is 0 Å². The standard InChI is InChI=1S/C30H37N3O6S/c1-5-19-31-30(35)23(3)32(21-24-13-12-14-25(20-24)38-4)29(34)22-33(27-17-10-11-18-28(27)39-6-2)40(36,37)26-15-8-7-9-16-26/h7-18,20,23H,5-6,19,21-22H2,1-4H3,(H,31,35)/t23-/m0/s1. The van der Waals surface area contributed by atoms with Crippen molar-refractivity contribution in [3.8, 4) is 11.5 Å². The molecule has 3 rings (SSSR count). The van der Waals surface area contributed by atoms with Gasteiger partial charge in [0.25, 0.3) is 10.0 Å². The number of carbonyl (C=O) groups is 2. The van der Waals surface area contributed by atoms with Crippen molar-refractivity contribution in [2.45, 2.75) is 44.7 Å². The van der Waals surface area contributed by atoms with Gasteiger partial charge in [0.1, 0.15) is 24.1 Å². The average molecular weight is 568 g/mol. The normalized spacial score (nSPS) is 11.8. The molecular formula is C30H37N3O6S. The highest BCUT2D eigenvalue weighted by Crippen LogP contribution is 2.33. The summed E-state index contributed by atoms with van der Waals surface area (Å²) in [5.41, 5.74) is 0.959. The molecule has 0 aliphatic rings. The molecule has 0 bridgehead atoms. The SMILES string of the molecule is CCCNC(=O)[C@H](C)N(Cc1cccc(OC)c1)C(=O)CN(c1ccccc1OCC)S(=O)(=O)c1ccccc1. The number of carbonyl (C=O) groups excluding carboxylic acids is 2. The smallest absolute Gasteiger partial charge is 0.264 e. The van der Waals surface area contributed by atoms with E-state index < -0.39 is 28.5 Å². The third-order valence-electron chi connectivity index (χ3n) is 6.25. The van der Waals surface area contributed by atoms with Crippen molar-refractivity contribution in [1.29, 1.82) is 0 Å². The van der Waals surface area contributed by atoms with Crippen molar-refractivity contribution >= 4 is 27.5 Å². The number of ether oxygens (including phenoxy) is 2. The van der Waals surface area contributed by atoms with Gasteiger partial charge >= 0.3 is 0 Å². The van der Waals surface area contributed by atoms with E-state index in [-0.39, 0.29) is 23.0 Å². The number of nitrogens with one attached hydrogen (secondary N) is 1. The van der Waals surface area contributed by atoms with E-state index in [0.29, 0.717) is 24.7 Å². The van der Waals surface area contributed by atoms with Gasteiger partial charge in [0, 0.05) is 13.1 Å². The molecule has 0 aliphatic heterocycles. The number of nitrogens with zero attached hydrogens (tertiary/aromatic N) is 2. The van der Waals surface area contributed by atoms with Crippen LogP contribution >= 0.6 is 0 Å². The molecule has 3 aromatic carbocycles. The van der Waals surface area contributed by atoms with Crippen molar-refractivity contribution < 1.29 is 27.5 Å². The molecule has 9 nitrogen and oxygen atoms in total. The lowest BCUT2D eigenvalue weighted by Gasteiger charge is -2.32. The van der Waals surface area contributed by atoms with E-state index in [1.807, 2.05) is 13.0 Å². The van der Waals surface area contributed by atoms with Crippen molar-refractivity contribution in [3.05, 3.63) is 84.4 Å². The first-order chi connectivity index (χ1) is 19.2. The second-order valence-corrected chi connectivity index (χ2v) is 10.9. The second-order valence-electron chi connectivity index (χ2n) is 9.07. The summed E-state index contributed by atoms with van der Waals surface area (Å²) in [6, 6.07) is 20.9. The summed E-state index contributed by atoms with van der Waals surface area (Å²) in [5.74, 6) is 0.0513. The van der Waals surface area contributed by atoms with Crippen molar-refractivity contribution in [2.24, 2.45) is 0 Å². The Balaban J connectivity index is 2.06. The van der Waals surface area contributed by atoms with Crippen LogP contribution in [0.15, 0.2) is 83.8 Å². The highest BCUT2D eigenvalue weighted by molar-refractivity contribution is 7.92. The number of rotatable bonds is 14. The molecule has 2 amide bonds. The van der Waals surface area contributed by atoms with Crippen LogP contribution in [-0.2, 0) is 26.2 Å². The van der Waals surface area contributed by atoms with Gasteiger partial charge < -0.3 is 19.7 Å². The topological polar surface area (TPSA) is 105 Å². The summed E-state index contributed by atoms with van der Waals surface area (Å²) in [6.45, 7) is 5.66. The highest BCUT2D eigenvalue weighted by Gasteiger charge is 2.33. The fourth-order valence-electron chi connectivity index (χ4n) is 4.12. The lowest BCUT2D eigenvalue weighted by Crippen LogP contribution is -2.51. The average Bonchev–Trinajstić information content (AvgIpc) is 2.98. The molecule has 0 aliphatic carbocycles. The first-order valence-corrected chi connectivity index (χ1v) is 14.7. The fraction of sp³-hybridized carbons (Fsp3) is 0.333. The number of benzene rings is 3. The van der Waals surface area contributed by atoms with Gasteiger partial charge in [-0.2, -0.15) is 0 Å². The zero-order valence-electron chi connectivity index (χ0n) is 23.4. The van der Waals surface area contributed by atoms with E-state index in [1.165, 1.54) is 17.0 Å². The molecule has 1 N–H and O–H groups in total. The van der Waals surface area contributed by atoms with Crippen LogP contribution < -0.4 is 19.1 Å². The van der Waals surface area contributed by atoms with E-state index in [4.69, 9.17) is 9.47 Å². The molecule has 214 valence electrons. The Morgan fingerprint density at radius 1 is 0.950 bits per heavy atom. The van der Waals surface area contributed by atoms with Crippen LogP contribution in [-0.4, -0.2) is 58.0 Å². The zero-order chi connectivity index (χ0) is 29.1. The lowest BCUT2D eigenvalue weighted by atomic mass is 10.1. The maximum atomic E-state index is 14.0. The minimum atomic E-state index is -4.18. The Labute approximate surface area is 236 Å². The second kappa shape index (κ2) is 14.4. The highest BCUT2D eigenvalue weighted by atomic mass is 32.2. The lowest BCUT2D eigenvalue weighted by molar-refractivity contribution is -0.139. The van der Waals surface area contributed by atoms with E-state index in [1.54, 1.807) is 81.6 Å². The van der Waals surface area contributed by atoms with E-state index in [2.05, 4.69) is 5.32 Å². The minimum absolute atomic E-state index is 0.0298. The number of hydrogen-bond acceptors (Lipinski definition) is 6. The third kappa shape index (κ3) is 7.53. The molecule has 0 fully saturated rings. The Bertz CT molecular complexity index is 1380. The molecule has 0 heterocycles. The van der Waals surface area contributed by atoms with Crippen LogP contribution in [0, 0.1) is 0 Å². The largest absolute Gasteiger partial charge is 0.497 e. The predicted molar refractivity (Wildman–Crippen MR) is 155 cm³/mol. The minimum Gasteiger partial charge on any atom is -0.497 e. The summed E-state index contributed by atoms with van der Waals surface area (Å²) in [5, 5.41) is 2.83. The molecule has 0 saturated heterocycles. The number of amides is 2. The molecule has 3 aromatic rings. The molecule has 10 heteroatoms. The number of methoxy groups -OCH3 is 1. The van der Waals surface area contributed by atoms with E-state index in [0.717, 1.165) is 16.3 Å². The fourth-order valence-corrected chi connectivity index (χ4v) is 5.57. The predicted octanol–water partition coefficient (Wildman–Crippen LogP) is 4.23. The van der Waals surface area contributed by atoms with E-state index >= 15 is 0 Å². The van der Waals surface area contributed by atoms with Gasteiger partial charge in [-0.05, 0) is 62.2 Å². The van der Waals surface area contributed by atoms with Gasteiger partial charge in [0.2, 0.25) is 11.8 Å². The van der Waals surface area contributed by atoms with Gasteiger partial charge in [-0.1, -0.05) is 49.4 Å². The Hall–Kier alpha value is -4.05.